The van der Waals surface area contributed by atoms with Crippen LogP contribution in [0.4, 0.5) is 5.69 Å². The predicted octanol–water partition coefficient (Wildman–Crippen LogP) is 3.52. The van der Waals surface area contributed by atoms with Gasteiger partial charge in [0.05, 0.1) is 19.9 Å². The summed E-state index contributed by atoms with van der Waals surface area (Å²) >= 11 is 0. The van der Waals surface area contributed by atoms with Gasteiger partial charge in [-0.2, -0.15) is 0 Å². The molecule has 4 nitrogen and oxygen atoms in total. The molecule has 0 bridgehead atoms. The van der Waals surface area contributed by atoms with Gasteiger partial charge in [-0.05, 0) is 42.8 Å². The van der Waals surface area contributed by atoms with Gasteiger partial charge in [0.25, 0.3) is 0 Å². The molecule has 20 heavy (non-hydrogen) atoms. The lowest BCUT2D eigenvalue weighted by Gasteiger charge is -2.14. The molecule has 0 saturated carbocycles. The highest BCUT2D eigenvalue weighted by molar-refractivity contribution is 5.62. The molecule has 104 valence electrons. The lowest BCUT2D eigenvalue weighted by Crippen LogP contribution is -2.10. The van der Waals surface area contributed by atoms with Crippen LogP contribution in [-0.4, -0.2) is 14.2 Å². The number of anilines is 1. The number of rotatable bonds is 3. The van der Waals surface area contributed by atoms with Crippen molar-refractivity contribution in [1.29, 1.82) is 0 Å². The first-order valence-electron chi connectivity index (χ1n) is 6.47. The first-order valence-corrected chi connectivity index (χ1v) is 6.47. The van der Waals surface area contributed by atoms with Crippen molar-refractivity contribution in [2.75, 3.05) is 19.5 Å². The Morgan fingerprint density at radius 3 is 2.55 bits per heavy atom. The fourth-order valence-electron chi connectivity index (χ4n) is 2.32. The Morgan fingerprint density at radius 1 is 1.00 bits per heavy atom. The molecule has 0 unspecified atom stereocenters. The van der Waals surface area contributed by atoms with Gasteiger partial charge in [-0.15, -0.1) is 0 Å². The maximum Gasteiger partial charge on any atom is 0.196 e. The molecule has 0 spiro atoms. The number of hydrogen-bond donors (Lipinski definition) is 1. The van der Waals surface area contributed by atoms with Crippen molar-refractivity contribution in [3.63, 3.8) is 0 Å². The molecule has 1 heterocycles. The molecular formula is C16H17NO3. The molecule has 0 aromatic heterocycles. The van der Waals surface area contributed by atoms with E-state index in [0.717, 1.165) is 17.0 Å². The molecule has 1 N–H and O–H groups in total. The average molecular weight is 271 g/mol. The Hall–Kier alpha value is -2.36. The molecule has 2 aromatic rings. The molecule has 1 atom stereocenters. The predicted molar refractivity (Wildman–Crippen MR) is 77.7 cm³/mol. The van der Waals surface area contributed by atoms with Crippen molar-refractivity contribution in [1.82, 2.24) is 0 Å². The fraction of sp³-hybridized carbons (Fsp3) is 0.250. The second-order valence-electron chi connectivity index (χ2n) is 4.76. The normalized spacial score (nSPS) is 16.1. The van der Waals surface area contributed by atoms with Gasteiger partial charge < -0.3 is 19.5 Å². The lowest BCUT2D eigenvalue weighted by atomic mass is 10.1. The third kappa shape index (κ3) is 2.13. The third-order valence-corrected chi connectivity index (χ3v) is 3.38. The molecule has 1 aliphatic heterocycles. The van der Waals surface area contributed by atoms with Crippen LogP contribution in [-0.2, 0) is 0 Å². The summed E-state index contributed by atoms with van der Waals surface area (Å²) < 4.78 is 16.5. The van der Waals surface area contributed by atoms with Gasteiger partial charge in [0.2, 0.25) is 0 Å². The van der Waals surface area contributed by atoms with Crippen molar-refractivity contribution in [2.45, 2.75) is 13.2 Å². The van der Waals surface area contributed by atoms with Gasteiger partial charge in [0.15, 0.2) is 17.7 Å². The van der Waals surface area contributed by atoms with Crippen LogP contribution in [0.15, 0.2) is 36.4 Å². The van der Waals surface area contributed by atoms with E-state index >= 15 is 0 Å². The largest absolute Gasteiger partial charge is 0.493 e. The summed E-state index contributed by atoms with van der Waals surface area (Å²) in [6.45, 7) is 2.06. The Labute approximate surface area is 118 Å². The van der Waals surface area contributed by atoms with Crippen LogP contribution in [0.5, 0.6) is 17.2 Å². The molecule has 0 radical (unpaired) electrons. The second kappa shape index (κ2) is 4.96. The van der Waals surface area contributed by atoms with Gasteiger partial charge in [0, 0.05) is 5.56 Å². The Morgan fingerprint density at radius 2 is 1.80 bits per heavy atom. The minimum Gasteiger partial charge on any atom is -0.493 e. The smallest absolute Gasteiger partial charge is 0.196 e. The minimum atomic E-state index is -0.202. The number of nitrogens with one attached hydrogen (secondary N) is 1. The van der Waals surface area contributed by atoms with Crippen LogP contribution in [0.3, 0.4) is 0 Å². The van der Waals surface area contributed by atoms with E-state index in [4.69, 9.17) is 14.2 Å². The van der Waals surface area contributed by atoms with Crippen LogP contribution < -0.4 is 19.5 Å². The van der Waals surface area contributed by atoms with Gasteiger partial charge in [0.1, 0.15) is 5.75 Å². The van der Waals surface area contributed by atoms with Crippen molar-refractivity contribution in [2.24, 2.45) is 0 Å². The third-order valence-electron chi connectivity index (χ3n) is 3.38. The van der Waals surface area contributed by atoms with E-state index in [1.807, 2.05) is 30.3 Å². The SMILES string of the molecule is COc1ccc([C@H]2Nc3cc(C)ccc3O2)cc1OC. The highest BCUT2D eigenvalue weighted by Crippen LogP contribution is 2.40. The minimum absolute atomic E-state index is 0.202. The molecule has 1 aliphatic rings. The maximum absolute atomic E-state index is 5.91. The lowest BCUT2D eigenvalue weighted by molar-refractivity contribution is 0.258. The summed E-state index contributed by atoms with van der Waals surface area (Å²) in [7, 11) is 3.25. The Kier molecular flexibility index (Phi) is 3.14. The Bertz CT molecular complexity index is 640. The van der Waals surface area contributed by atoms with Crippen LogP contribution >= 0.6 is 0 Å². The number of methoxy groups -OCH3 is 2. The van der Waals surface area contributed by atoms with Crippen LogP contribution in [0.2, 0.25) is 0 Å². The zero-order valence-electron chi connectivity index (χ0n) is 11.8. The molecule has 0 fully saturated rings. The molecule has 2 aromatic carbocycles. The average Bonchev–Trinajstić information content (AvgIpc) is 2.89. The Balaban J connectivity index is 1.89. The number of ether oxygens (including phenoxy) is 3. The fourth-order valence-corrected chi connectivity index (χ4v) is 2.32. The summed E-state index contributed by atoms with van der Waals surface area (Å²) in [6, 6.07) is 11.9. The van der Waals surface area contributed by atoms with E-state index in [9.17, 15) is 0 Å². The first-order chi connectivity index (χ1) is 9.71. The van der Waals surface area contributed by atoms with E-state index < -0.39 is 0 Å². The van der Waals surface area contributed by atoms with E-state index in [1.54, 1.807) is 14.2 Å². The zero-order chi connectivity index (χ0) is 14.1. The van der Waals surface area contributed by atoms with Crippen LogP contribution in [0, 0.1) is 6.92 Å². The topological polar surface area (TPSA) is 39.7 Å². The van der Waals surface area contributed by atoms with Gasteiger partial charge >= 0.3 is 0 Å². The van der Waals surface area contributed by atoms with Crippen molar-refractivity contribution in [3.8, 4) is 17.2 Å². The molecule has 4 heteroatoms. The summed E-state index contributed by atoms with van der Waals surface area (Å²) in [5.41, 5.74) is 3.22. The standard InChI is InChI=1S/C16H17NO3/c1-10-4-6-13-12(8-10)17-16(20-13)11-5-7-14(18-2)15(9-11)19-3/h4-9,16-17H,1-3H3/t16-/m0/s1. The maximum atomic E-state index is 5.91. The summed E-state index contributed by atoms with van der Waals surface area (Å²) in [5, 5.41) is 3.36. The summed E-state index contributed by atoms with van der Waals surface area (Å²) in [4.78, 5) is 0. The van der Waals surface area contributed by atoms with Gasteiger partial charge in [-0.3, -0.25) is 0 Å². The quantitative estimate of drug-likeness (QED) is 0.927. The number of fused-ring (bicyclic) bond motifs is 1. The molecule has 0 saturated heterocycles. The highest BCUT2D eigenvalue weighted by atomic mass is 16.5. The number of hydrogen-bond acceptors (Lipinski definition) is 4. The number of aryl methyl sites for hydroxylation is 1. The summed E-state index contributed by atoms with van der Waals surface area (Å²) in [5.74, 6) is 2.28. The van der Waals surface area contributed by atoms with Crippen molar-refractivity contribution in [3.05, 3.63) is 47.5 Å². The van der Waals surface area contributed by atoms with E-state index in [1.165, 1.54) is 5.56 Å². The summed E-state index contributed by atoms with van der Waals surface area (Å²) in [6.07, 6.45) is -0.202. The zero-order valence-corrected chi connectivity index (χ0v) is 11.8. The number of benzene rings is 2. The van der Waals surface area contributed by atoms with Gasteiger partial charge in [-0.1, -0.05) is 6.07 Å². The monoisotopic (exact) mass is 271 g/mol. The van der Waals surface area contributed by atoms with E-state index in [-0.39, 0.29) is 6.23 Å². The molecule has 3 rings (SSSR count). The van der Waals surface area contributed by atoms with Crippen LogP contribution in [0.1, 0.15) is 17.4 Å². The first kappa shape index (κ1) is 12.7. The molecular weight excluding hydrogens is 254 g/mol. The van der Waals surface area contributed by atoms with E-state index in [0.29, 0.717) is 11.5 Å². The molecule has 0 aliphatic carbocycles. The van der Waals surface area contributed by atoms with E-state index in [2.05, 4.69) is 18.3 Å². The highest BCUT2D eigenvalue weighted by Gasteiger charge is 2.24. The van der Waals surface area contributed by atoms with Gasteiger partial charge in [-0.25, -0.2) is 0 Å². The van der Waals surface area contributed by atoms with Crippen LogP contribution in [0.25, 0.3) is 0 Å². The molecule has 0 amide bonds. The second-order valence-corrected chi connectivity index (χ2v) is 4.76. The van der Waals surface area contributed by atoms with Crippen molar-refractivity contribution < 1.29 is 14.2 Å². The van der Waals surface area contributed by atoms with Crippen molar-refractivity contribution >= 4 is 5.69 Å².